The number of nitrogens with zero attached hydrogens (tertiary/aromatic N) is 3. The zero-order valence-corrected chi connectivity index (χ0v) is 22.6. The summed E-state index contributed by atoms with van der Waals surface area (Å²) in [5.41, 5.74) is 6.18. The first-order valence-electron chi connectivity index (χ1n) is 12.9. The van der Waals surface area contributed by atoms with E-state index in [1.165, 1.54) is 0 Å². The van der Waals surface area contributed by atoms with Crippen molar-refractivity contribution in [1.29, 1.82) is 0 Å². The molecule has 198 valence electrons. The van der Waals surface area contributed by atoms with Gasteiger partial charge in [0.05, 0.1) is 20.9 Å². The maximum Gasteiger partial charge on any atom is 0.211 e. The van der Waals surface area contributed by atoms with Crippen molar-refractivity contribution in [3.8, 4) is 11.1 Å². The highest BCUT2D eigenvalue weighted by molar-refractivity contribution is 7.91. The number of aromatic amines is 1. The van der Waals surface area contributed by atoms with Crippen LogP contribution in [0.1, 0.15) is 5.69 Å². The molecule has 1 fully saturated rings. The molecule has 39 heavy (non-hydrogen) atoms. The zero-order valence-electron chi connectivity index (χ0n) is 21.8. The van der Waals surface area contributed by atoms with Crippen molar-refractivity contribution in [2.75, 3.05) is 43.4 Å². The molecule has 1 aliphatic heterocycles. The Hall–Kier alpha value is -4.21. The molecule has 1 amide bonds. The number of hydrogen-bond donors (Lipinski definition) is 2. The van der Waals surface area contributed by atoms with Crippen LogP contribution in [0.15, 0.2) is 82.6 Å². The van der Waals surface area contributed by atoms with Crippen molar-refractivity contribution in [2.24, 2.45) is 0 Å². The van der Waals surface area contributed by atoms with Gasteiger partial charge in [-0.05, 0) is 62.0 Å². The molecule has 0 unspecified atom stereocenters. The molecule has 9 heteroatoms. The van der Waals surface area contributed by atoms with Crippen LogP contribution in [0.2, 0.25) is 0 Å². The van der Waals surface area contributed by atoms with Gasteiger partial charge in [-0.3, -0.25) is 4.79 Å². The van der Waals surface area contributed by atoms with Gasteiger partial charge >= 0.3 is 0 Å². The maximum absolute atomic E-state index is 13.5. The number of aromatic nitrogens is 2. The van der Waals surface area contributed by atoms with Crippen LogP contribution < -0.4 is 10.2 Å². The van der Waals surface area contributed by atoms with Crippen LogP contribution >= 0.6 is 0 Å². The Morgan fingerprint density at radius 1 is 0.923 bits per heavy atom. The average Bonchev–Trinajstić information content (AvgIpc) is 3.31. The van der Waals surface area contributed by atoms with Gasteiger partial charge in [-0.25, -0.2) is 13.4 Å². The average molecular weight is 540 g/mol. The molecule has 3 heterocycles. The number of anilines is 2. The monoisotopic (exact) mass is 539 g/mol. The van der Waals surface area contributed by atoms with E-state index in [0.717, 1.165) is 70.6 Å². The Bertz CT molecular complexity index is 1790. The maximum atomic E-state index is 13.5. The predicted octanol–water partition coefficient (Wildman–Crippen LogP) is 4.84. The van der Waals surface area contributed by atoms with Crippen LogP contribution in [0.4, 0.5) is 11.4 Å². The van der Waals surface area contributed by atoms with E-state index < -0.39 is 9.84 Å². The third-order valence-corrected chi connectivity index (χ3v) is 9.21. The normalized spacial score (nSPS) is 14.7. The smallest absolute Gasteiger partial charge is 0.211 e. The number of aryl methyl sites for hydroxylation is 1. The van der Waals surface area contributed by atoms with Crippen molar-refractivity contribution in [3.63, 3.8) is 0 Å². The number of sulfone groups is 1. The summed E-state index contributed by atoms with van der Waals surface area (Å²) in [4.78, 5) is 24.5. The molecule has 0 radical (unpaired) electrons. The van der Waals surface area contributed by atoms with Crippen LogP contribution in [0, 0.1) is 6.92 Å². The number of H-pyrrole nitrogens is 1. The first kappa shape index (κ1) is 25.1. The fourth-order valence-electron chi connectivity index (χ4n) is 5.40. The fraction of sp³-hybridized carbons (Fsp3) is 0.200. The Kier molecular flexibility index (Phi) is 6.32. The SMILES string of the molecule is Cc1nc2[nH]c3ccc(S(=O)(=O)c4ccccc4)cc3c2c(N2CCN(C)CC2)c1-c1ccc(NC=O)cc1. The minimum absolute atomic E-state index is 0.248. The number of rotatable bonds is 6. The lowest BCUT2D eigenvalue weighted by atomic mass is 9.97. The fourth-order valence-corrected chi connectivity index (χ4v) is 6.70. The second-order valence-electron chi connectivity index (χ2n) is 9.92. The number of pyridine rings is 1. The summed E-state index contributed by atoms with van der Waals surface area (Å²) in [5, 5.41) is 4.43. The Morgan fingerprint density at radius 3 is 2.33 bits per heavy atom. The topological polar surface area (TPSA) is 98.4 Å². The van der Waals surface area contributed by atoms with Crippen molar-refractivity contribution >= 4 is 49.6 Å². The summed E-state index contributed by atoms with van der Waals surface area (Å²) in [6.45, 7) is 5.51. The summed E-state index contributed by atoms with van der Waals surface area (Å²) in [5.74, 6) is 0. The molecule has 3 aromatic carbocycles. The molecular weight excluding hydrogens is 510 g/mol. The number of piperazine rings is 1. The standard InChI is InChI=1S/C30H29N5O3S/c1-20-27(21-8-10-22(11-9-21)31-19-36)29(35-16-14-34(2)15-17-35)28-25-18-24(12-13-26(25)33-30(28)32-20)39(37,38)23-6-4-3-5-7-23/h3-13,18-19H,14-17H2,1-2H3,(H,31,36)(H,32,33). The Balaban J connectivity index is 1.62. The third-order valence-electron chi connectivity index (χ3n) is 7.45. The lowest BCUT2D eigenvalue weighted by Crippen LogP contribution is -2.44. The van der Waals surface area contributed by atoms with Crippen LogP contribution in [0.5, 0.6) is 0 Å². The minimum atomic E-state index is -3.69. The van der Waals surface area contributed by atoms with E-state index in [1.54, 1.807) is 42.5 Å². The number of likely N-dealkylation sites (N-methyl/N-ethyl adjacent to an activating group) is 1. The van der Waals surface area contributed by atoms with Crippen LogP contribution in [0.25, 0.3) is 33.1 Å². The minimum Gasteiger partial charge on any atom is -0.368 e. The van der Waals surface area contributed by atoms with Gasteiger partial charge in [0.1, 0.15) is 5.65 Å². The van der Waals surface area contributed by atoms with E-state index in [9.17, 15) is 13.2 Å². The van der Waals surface area contributed by atoms with E-state index in [1.807, 2.05) is 37.3 Å². The molecule has 2 aromatic heterocycles. The van der Waals surface area contributed by atoms with Gasteiger partial charge in [0, 0.05) is 54.0 Å². The van der Waals surface area contributed by atoms with Crippen molar-refractivity contribution < 1.29 is 13.2 Å². The molecule has 1 aliphatic rings. The van der Waals surface area contributed by atoms with E-state index in [2.05, 4.69) is 27.1 Å². The van der Waals surface area contributed by atoms with Crippen LogP contribution in [-0.2, 0) is 14.6 Å². The number of carbonyl (C=O) groups is 1. The molecule has 8 nitrogen and oxygen atoms in total. The first-order valence-corrected chi connectivity index (χ1v) is 14.4. The van der Waals surface area contributed by atoms with Crippen LogP contribution in [-0.4, -0.2) is 62.9 Å². The molecule has 0 spiro atoms. The zero-order chi connectivity index (χ0) is 27.1. The number of nitrogens with one attached hydrogen (secondary N) is 2. The number of amides is 1. The van der Waals surface area contributed by atoms with Crippen LogP contribution in [0.3, 0.4) is 0 Å². The van der Waals surface area contributed by atoms with Gasteiger partial charge in [-0.15, -0.1) is 0 Å². The van der Waals surface area contributed by atoms with Crippen molar-refractivity contribution in [3.05, 3.63) is 78.5 Å². The van der Waals surface area contributed by atoms with Gasteiger partial charge in [0.2, 0.25) is 16.2 Å². The second-order valence-corrected chi connectivity index (χ2v) is 11.9. The number of hydrogen-bond acceptors (Lipinski definition) is 6. The first-order chi connectivity index (χ1) is 18.9. The highest BCUT2D eigenvalue weighted by Crippen LogP contribution is 2.43. The van der Waals surface area contributed by atoms with Crippen molar-refractivity contribution in [1.82, 2.24) is 14.9 Å². The molecule has 0 aliphatic carbocycles. The third kappa shape index (κ3) is 4.43. The van der Waals surface area contributed by atoms with Gasteiger partial charge < -0.3 is 20.1 Å². The summed E-state index contributed by atoms with van der Waals surface area (Å²) in [7, 11) is -1.57. The van der Waals surface area contributed by atoms with Gasteiger partial charge in [0.15, 0.2) is 0 Å². The number of carbonyl (C=O) groups excluding carboxylic acids is 1. The van der Waals surface area contributed by atoms with Gasteiger partial charge in [0.25, 0.3) is 0 Å². The Morgan fingerprint density at radius 2 is 1.64 bits per heavy atom. The molecule has 0 bridgehead atoms. The number of benzene rings is 3. The molecule has 0 saturated carbocycles. The molecule has 1 saturated heterocycles. The Labute approximate surface area is 227 Å². The van der Waals surface area contributed by atoms with E-state index >= 15 is 0 Å². The van der Waals surface area contributed by atoms with E-state index in [-0.39, 0.29) is 9.79 Å². The summed E-state index contributed by atoms with van der Waals surface area (Å²) < 4.78 is 27.0. The quantitative estimate of drug-likeness (QED) is 0.300. The number of fused-ring (bicyclic) bond motifs is 3. The highest BCUT2D eigenvalue weighted by atomic mass is 32.2. The van der Waals surface area contributed by atoms with Gasteiger partial charge in [-0.1, -0.05) is 30.3 Å². The lowest BCUT2D eigenvalue weighted by molar-refractivity contribution is -0.105. The largest absolute Gasteiger partial charge is 0.368 e. The van der Waals surface area contributed by atoms with Gasteiger partial charge in [-0.2, -0.15) is 0 Å². The lowest BCUT2D eigenvalue weighted by Gasteiger charge is -2.36. The van der Waals surface area contributed by atoms with Crippen molar-refractivity contribution in [2.45, 2.75) is 16.7 Å². The molecule has 2 N–H and O–H groups in total. The molecule has 6 rings (SSSR count). The predicted molar refractivity (Wildman–Crippen MR) is 155 cm³/mol. The molecular formula is C30H29N5O3S. The summed E-state index contributed by atoms with van der Waals surface area (Å²) in [6, 6.07) is 21.5. The molecule has 5 aromatic rings. The van der Waals surface area contributed by atoms with E-state index in [4.69, 9.17) is 4.98 Å². The van der Waals surface area contributed by atoms with E-state index in [0.29, 0.717) is 12.1 Å². The molecule has 0 atom stereocenters. The summed E-state index contributed by atoms with van der Waals surface area (Å²) in [6.07, 6.45) is 0.663. The second kappa shape index (κ2) is 9.83. The summed E-state index contributed by atoms with van der Waals surface area (Å²) >= 11 is 0. The highest BCUT2D eigenvalue weighted by Gasteiger charge is 2.26.